The smallest absolute Gasteiger partial charge is 0.267 e. The molecule has 8 nitrogen and oxygen atoms in total. The van der Waals surface area contributed by atoms with Crippen LogP contribution in [0.4, 0.5) is 11.4 Å². The zero-order valence-electron chi connectivity index (χ0n) is 16.9. The highest BCUT2D eigenvalue weighted by Crippen LogP contribution is 2.25. The van der Waals surface area contributed by atoms with Gasteiger partial charge in [0.15, 0.2) is 0 Å². The van der Waals surface area contributed by atoms with Crippen molar-refractivity contribution in [3.63, 3.8) is 0 Å². The maximum atomic E-state index is 12.3. The van der Waals surface area contributed by atoms with Crippen molar-refractivity contribution in [1.82, 2.24) is 10.4 Å². The fourth-order valence-electron chi connectivity index (χ4n) is 2.55. The summed E-state index contributed by atoms with van der Waals surface area (Å²) in [5, 5.41) is 11.9. The monoisotopic (exact) mass is 412 g/mol. The minimum Gasteiger partial charge on any atom is -0.382 e. The fraction of sp³-hybridized carbons (Fsp3) is 0.526. The summed E-state index contributed by atoms with van der Waals surface area (Å²) < 4.78 is 27.3. The van der Waals surface area contributed by atoms with Crippen molar-refractivity contribution in [3.8, 4) is 0 Å². The van der Waals surface area contributed by atoms with Crippen molar-refractivity contribution in [2.75, 3.05) is 42.0 Å². The minimum absolute atomic E-state index is 0.0510. The largest absolute Gasteiger partial charge is 0.382 e. The van der Waals surface area contributed by atoms with E-state index in [4.69, 9.17) is 5.21 Å². The van der Waals surface area contributed by atoms with Crippen LogP contribution in [-0.4, -0.2) is 56.4 Å². The Morgan fingerprint density at radius 2 is 1.89 bits per heavy atom. The van der Waals surface area contributed by atoms with E-state index < -0.39 is 15.9 Å². The third kappa shape index (κ3) is 8.73. The molecule has 0 aromatic heterocycles. The molecule has 158 valence electrons. The van der Waals surface area contributed by atoms with Gasteiger partial charge in [0.1, 0.15) is 0 Å². The standard InChI is InChI=1S/C19H32N4O4S/c1-4-7-14-28(26,27)22-18-15-16(9-11-19(24)21-25)8-10-17(18)20-12-13-23(5-2)6-3/h8-11,15,20,22,25H,4-7,12-14H2,1-3H3,(H,21,24)/b11-9+. The maximum Gasteiger partial charge on any atom is 0.267 e. The second kappa shape index (κ2) is 12.4. The molecule has 1 aromatic carbocycles. The number of anilines is 2. The molecule has 0 spiro atoms. The van der Waals surface area contributed by atoms with Gasteiger partial charge in [-0.3, -0.25) is 14.7 Å². The molecule has 1 aromatic rings. The predicted molar refractivity (Wildman–Crippen MR) is 114 cm³/mol. The first kappa shape index (κ1) is 23.9. The van der Waals surface area contributed by atoms with Crippen molar-refractivity contribution in [3.05, 3.63) is 29.8 Å². The molecule has 0 aliphatic rings. The van der Waals surface area contributed by atoms with Crippen molar-refractivity contribution in [2.45, 2.75) is 33.6 Å². The predicted octanol–water partition coefficient (Wildman–Crippen LogP) is 2.50. The van der Waals surface area contributed by atoms with Gasteiger partial charge in [-0.15, -0.1) is 0 Å². The number of amides is 1. The molecule has 0 heterocycles. The molecule has 0 aliphatic carbocycles. The van der Waals surface area contributed by atoms with Crippen LogP contribution in [-0.2, 0) is 14.8 Å². The van der Waals surface area contributed by atoms with Crippen LogP contribution in [0.5, 0.6) is 0 Å². The summed E-state index contributed by atoms with van der Waals surface area (Å²) in [6.07, 6.45) is 4.03. The average Bonchev–Trinajstić information content (AvgIpc) is 2.68. The van der Waals surface area contributed by atoms with Gasteiger partial charge in [0.05, 0.1) is 17.1 Å². The summed E-state index contributed by atoms with van der Waals surface area (Å²) in [5.74, 6) is -0.610. The van der Waals surface area contributed by atoms with Crippen LogP contribution >= 0.6 is 0 Å². The number of hydrogen-bond donors (Lipinski definition) is 4. The zero-order chi connectivity index (χ0) is 21.0. The molecule has 0 radical (unpaired) electrons. The Bertz CT molecular complexity index is 746. The summed E-state index contributed by atoms with van der Waals surface area (Å²) >= 11 is 0. The van der Waals surface area contributed by atoms with Crippen molar-refractivity contribution < 1.29 is 18.4 Å². The Hall–Kier alpha value is -2.10. The number of hydrogen-bond acceptors (Lipinski definition) is 6. The number of nitrogens with one attached hydrogen (secondary N) is 3. The number of benzene rings is 1. The Morgan fingerprint density at radius 1 is 1.18 bits per heavy atom. The quantitative estimate of drug-likeness (QED) is 0.225. The Labute approximate surface area is 168 Å². The first-order valence-electron chi connectivity index (χ1n) is 9.58. The summed E-state index contributed by atoms with van der Waals surface area (Å²) in [6.45, 7) is 9.55. The van der Waals surface area contributed by atoms with Crippen molar-refractivity contribution in [2.24, 2.45) is 0 Å². The number of likely N-dealkylation sites (N-methyl/N-ethyl adjacent to an activating group) is 1. The number of carbonyl (C=O) groups excluding carboxylic acids is 1. The average molecular weight is 413 g/mol. The molecule has 0 aliphatic heterocycles. The van der Waals surface area contributed by atoms with Gasteiger partial charge in [-0.25, -0.2) is 13.9 Å². The van der Waals surface area contributed by atoms with Gasteiger partial charge >= 0.3 is 0 Å². The van der Waals surface area contributed by atoms with Gasteiger partial charge in [-0.1, -0.05) is 33.3 Å². The zero-order valence-corrected chi connectivity index (χ0v) is 17.7. The fourth-order valence-corrected chi connectivity index (χ4v) is 3.83. The maximum absolute atomic E-state index is 12.3. The van der Waals surface area contributed by atoms with E-state index in [-0.39, 0.29) is 5.75 Å². The van der Waals surface area contributed by atoms with E-state index >= 15 is 0 Å². The van der Waals surface area contributed by atoms with Gasteiger partial charge in [0.25, 0.3) is 5.91 Å². The highest BCUT2D eigenvalue weighted by atomic mass is 32.2. The highest BCUT2D eigenvalue weighted by molar-refractivity contribution is 7.92. The Kier molecular flexibility index (Phi) is 10.6. The Morgan fingerprint density at radius 3 is 2.50 bits per heavy atom. The Balaban J connectivity index is 3.02. The molecule has 1 rings (SSSR count). The lowest BCUT2D eigenvalue weighted by molar-refractivity contribution is -0.124. The highest BCUT2D eigenvalue weighted by Gasteiger charge is 2.13. The lowest BCUT2D eigenvalue weighted by atomic mass is 10.1. The molecule has 9 heteroatoms. The van der Waals surface area contributed by atoms with E-state index in [2.05, 4.69) is 28.8 Å². The molecule has 4 N–H and O–H groups in total. The van der Waals surface area contributed by atoms with E-state index in [1.54, 1.807) is 18.2 Å². The van der Waals surface area contributed by atoms with E-state index in [0.29, 0.717) is 29.9 Å². The van der Waals surface area contributed by atoms with Crippen molar-refractivity contribution >= 4 is 33.4 Å². The molecular formula is C19H32N4O4S. The number of hydroxylamine groups is 1. The number of nitrogens with zero attached hydrogens (tertiary/aromatic N) is 1. The summed E-state index contributed by atoms with van der Waals surface area (Å²) in [7, 11) is -3.47. The van der Waals surface area contributed by atoms with Gasteiger partial charge in [0, 0.05) is 19.2 Å². The summed E-state index contributed by atoms with van der Waals surface area (Å²) in [6, 6.07) is 5.20. The number of carbonyl (C=O) groups is 1. The van der Waals surface area contributed by atoms with E-state index in [9.17, 15) is 13.2 Å². The van der Waals surface area contributed by atoms with Crippen molar-refractivity contribution in [1.29, 1.82) is 0 Å². The molecule has 0 saturated heterocycles. The van der Waals surface area contributed by atoms with Crippen LogP contribution in [0.25, 0.3) is 6.08 Å². The minimum atomic E-state index is -3.47. The van der Waals surface area contributed by atoms with Gasteiger partial charge in [-0.2, -0.15) is 0 Å². The molecule has 0 fully saturated rings. The van der Waals surface area contributed by atoms with Crippen LogP contribution in [0, 0.1) is 0 Å². The first-order valence-corrected chi connectivity index (χ1v) is 11.2. The SMILES string of the molecule is CCCCS(=O)(=O)Nc1cc(/C=C/C(=O)NO)ccc1NCCN(CC)CC. The first-order chi connectivity index (χ1) is 13.3. The second-order valence-electron chi connectivity index (χ2n) is 6.34. The molecule has 0 unspecified atom stereocenters. The number of rotatable bonds is 13. The van der Waals surface area contributed by atoms with Crippen LogP contribution < -0.4 is 15.5 Å². The molecule has 0 bridgehead atoms. The van der Waals surface area contributed by atoms with Gasteiger partial charge in [0.2, 0.25) is 10.0 Å². The summed E-state index contributed by atoms with van der Waals surface area (Å²) in [5.41, 5.74) is 3.26. The molecular weight excluding hydrogens is 380 g/mol. The van der Waals surface area contributed by atoms with Gasteiger partial charge in [-0.05, 0) is 43.3 Å². The molecule has 1 amide bonds. The second-order valence-corrected chi connectivity index (χ2v) is 8.18. The van der Waals surface area contributed by atoms with Crippen LogP contribution in [0.1, 0.15) is 39.2 Å². The van der Waals surface area contributed by atoms with E-state index in [1.807, 2.05) is 6.92 Å². The molecule has 28 heavy (non-hydrogen) atoms. The van der Waals surface area contributed by atoms with Crippen LogP contribution in [0.2, 0.25) is 0 Å². The third-order valence-corrected chi connectivity index (χ3v) is 5.61. The van der Waals surface area contributed by atoms with E-state index in [1.165, 1.54) is 11.6 Å². The number of sulfonamides is 1. The lowest BCUT2D eigenvalue weighted by Gasteiger charge is -2.20. The van der Waals surface area contributed by atoms with Crippen LogP contribution in [0.15, 0.2) is 24.3 Å². The topological polar surface area (TPSA) is 111 Å². The third-order valence-electron chi connectivity index (χ3n) is 4.25. The van der Waals surface area contributed by atoms with Gasteiger partial charge < -0.3 is 10.2 Å². The van der Waals surface area contributed by atoms with E-state index in [0.717, 1.165) is 32.1 Å². The summed E-state index contributed by atoms with van der Waals surface area (Å²) in [4.78, 5) is 13.4. The lowest BCUT2D eigenvalue weighted by Crippen LogP contribution is -2.28. The van der Waals surface area contributed by atoms with Crippen LogP contribution in [0.3, 0.4) is 0 Å². The normalized spacial score (nSPS) is 11.8. The molecule has 0 saturated carbocycles. The number of unbranched alkanes of at least 4 members (excludes halogenated alkanes) is 1. The molecule has 0 atom stereocenters.